The Morgan fingerprint density at radius 1 is 1.00 bits per heavy atom. The first kappa shape index (κ1) is 23.8. The van der Waals surface area contributed by atoms with Crippen LogP contribution in [0, 0.1) is 0 Å². The van der Waals surface area contributed by atoms with Crippen LogP contribution in [0.15, 0.2) is 66.7 Å². The number of nitrogens with one attached hydrogen (secondary N) is 1. The van der Waals surface area contributed by atoms with Crippen LogP contribution < -0.4 is 5.32 Å². The molecule has 2 amide bonds. The van der Waals surface area contributed by atoms with Crippen molar-refractivity contribution in [3.63, 3.8) is 0 Å². The SMILES string of the molecule is CC(C(=O)NC(C)(C)C)N(Cc1cccc(Cl)c1)C(=O)CCc1cccc2ccccc12. The average molecular weight is 451 g/mol. The molecule has 0 spiro atoms. The minimum atomic E-state index is -0.603. The van der Waals surface area contributed by atoms with E-state index in [1.165, 1.54) is 0 Å². The van der Waals surface area contributed by atoms with Crippen molar-refractivity contribution < 1.29 is 9.59 Å². The number of amides is 2. The van der Waals surface area contributed by atoms with Gasteiger partial charge in [0.05, 0.1) is 0 Å². The lowest BCUT2D eigenvalue weighted by atomic mass is 10.0. The van der Waals surface area contributed by atoms with Crippen molar-refractivity contribution in [2.45, 2.75) is 58.7 Å². The van der Waals surface area contributed by atoms with E-state index in [4.69, 9.17) is 11.6 Å². The van der Waals surface area contributed by atoms with E-state index in [0.717, 1.165) is 21.9 Å². The molecule has 0 aliphatic rings. The molecular formula is C27H31ClN2O2. The van der Waals surface area contributed by atoms with Gasteiger partial charge in [0.2, 0.25) is 11.8 Å². The highest BCUT2D eigenvalue weighted by Gasteiger charge is 2.28. The van der Waals surface area contributed by atoms with Crippen LogP contribution in [0.4, 0.5) is 0 Å². The maximum atomic E-state index is 13.4. The van der Waals surface area contributed by atoms with Gasteiger partial charge in [-0.15, -0.1) is 0 Å². The summed E-state index contributed by atoms with van der Waals surface area (Å²) in [6.45, 7) is 7.90. The predicted molar refractivity (Wildman–Crippen MR) is 132 cm³/mol. The topological polar surface area (TPSA) is 49.4 Å². The maximum Gasteiger partial charge on any atom is 0.242 e. The Labute approximate surface area is 195 Å². The first-order valence-corrected chi connectivity index (χ1v) is 11.3. The standard InChI is InChI=1S/C27H31ClN2O2/c1-19(26(32)29-27(2,3)4)30(18-20-9-7-13-23(28)17-20)25(31)16-15-22-12-8-11-21-10-5-6-14-24(21)22/h5-14,17,19H,15-16,18H2,1-4H3,(H,29,32). The molecule has 3 aromatic carbocycles. The summed E-state index contributed by atoms with van der Waals surface area (Å²) in [4.78, 5) is 27.9. The molecule has 0 saturated carbocycles. The number of hydrogen-bond acceptors (Lipinski definition) is 2. The van der Waals surface area contributed by atoms with Crippen LogP contribution in [0.25, 0.3) is 10.8 Å². The molecular weight excluding hydrogens is 420 g/mol. The highest BCUT2D eigenvalue weighted by atomic mass is 35.5. The third-order valence-electron chi connectivity index (χ3n) is 5.40. The Hall–Kier alpha value is -2.85. The third kappa shape index (κ3) is 6.33. The normalized spacial score (nSPS) is 12.4. The second-order valence-electron chi connectivity index (χ2n) is 9.21. The fourth-order valence-electron chi connectivity index (χ4n) is 3.78. The first-order chi connectivity index (χ1) is 15.1. The van der Waals surface area contributed by atoms with Crippen LogP contribution in [0.3, 0.4) is 0 Å². The van der Waals surface area contributed by atoms with Crippen LogP contribution in [0.1, 0.15) is 45.2 Å². The van der Waals surface area contributed by atoms with E-state index in [9.17, 15) is 9.59 Å². The van der Waals surface area contributed by atoms with E-state index < -0.39 is 6.04 Å². The number of rotatable bonds is 7. The Kier molecular flexibility index (Phi) is 7.57. The molecule has 0 bridgehead atoms. The zero-order valence-corrected chi connectivity index (χ0v) is 19.9. The van der Waals surface area contributed by atoms with Crippen LogP contribution in [0.2, 0.25) is 5.02 Å². The molecule has 32 heavy (non-hydrogen) atoms. The van der Waals surface area contributed by atoms with Gasteiger partial charge in [-0.2, -0.15) is 0 Å². The molecule has 3 aromatic rings. The van der Waals surface area contributed by atoms with Crippen molar-refractivity contribution in [1.82, 2.24) is 10.2 Å². The lowest BCUT2D eigenvalue weighted by Gasteiger charge is -2.31. The molecule has 0 heterocycles. The Bertz CT molecular complexity index is 1100. The molecule has 1 N–H and O–H groups in total. The summed E-state index contributed by atoms with van der Waals surface area (Å²) >= 11 is 6.15. The van der Waals surface area contributed by atoms with Crippen molar-refractivity contribution in [3.8, 4) is 0 Å². The average Bonchev–Trinajstić information content (AvgIpc) is 2.74. The third-order valence-corrected chi connectivity index (χ3v) is 5.63. The summed E-state index contributed by atoms with van der Waals surface area (Å²) in [5.41, 5.74) is 1.65. The number of benzene rings is 3. The highest BCUT2D eigenvalue weighted by Crippen LogP contribution is 2.21. The monoisotopic (exact) mass is 450 g/mol. The number of carbonyl (C=O) groups excluding carboxylic acids is 2. The van der Waals surface area contributed by atoms with Crippen molar-refractivity contribution in [2.75, 3.05) is 0 Å². The van der Waals surface area contributed by atoms with Gasteiger partial charge in [-0.1, -0.05) is 66.2 Å². The van der Waals surface area contributed by atoms with Crippen molar-refractivity contribution in [1.29, 1.82) is 0 Å². The Morgan fingerprint density at radius 3 is 2.41 bits per heavy atom. The van der Waals surface area contributed by atoms with Gasteiger partial charge in [-0.05, 0) is 68.1 Å². The van der Waals surface area contributed by atoms with Gasteiger partial charge >= 0.3 is 0 Å². The van der Waals surface area contributed by atoms with E-state index in [1.54, 1.807) is 17.9 Å². The lowest BCUT2D eigenvalue weighted by Crippen LogP contribution is -2.52. The van der Waals surface area contributed by atoms with Crippen molar-refractivity contribution in [3.05, 3.63) is 82.9 Å². The Balaban J connectivity index is 1.81. The number of halogens is 1. The zero-order chi connectivity index (χ0) is 23.3. The number of aryl methyl sites for hydroxylation is 1. The molecule has 4 nitrogen and oxygen atoms in total. The molecule has 0 fully saturated rings. The van der Waals surface area contributed by atoms with Gasteiger partial charge in [0.25, 0.3) is 0 Å². The maximum absolute atomic E-state index is 13.4. The fourth-order valence-corrected chi connectivity index (χ4v) is 4.00. The zero-order valence-electron chi connectivity index (χ0n) is 19.2. The summed E-state index contributed by atoms with van der Waals surface area (Å²) in [6, 6.07) is 21.1. The Morgan fingerprint density at radius 2 is 1.69 bits per heavy atom. The second kappa shape index (κ2) is 10.2. The summed E-state index contributed by atoms with van der Waals surface area (Å²) in [6.07, 6.45) is 0.932. The van der Waals surface area contributed by atoms with Crippen LogP contribution in [-0.2, 0) is 22.6 Å². The van der Waals surface area contributed by atoms with Gasteiger partial charge in [0, 0.05) is 23.5 Å². The van der Waals surface area contributed by atoms with Crippen molar-refractivity contribution in [2.24, 2.45) is 0 Å². The minimum Gasteiger partial charge on any atom is -0.350 e. The predicted octanol–water partition coefficient (Wildman–Crippen LogP) is 5.76. The summed E-state index contributed by atoms with van der Waals surface area (Å²) in [7, 11) is 0. The number of fused-ring (bicyclic) bond motifs is 1. The molecule has 0 radical (unpaired) electrons. The van der Waals surface area contributed by atoms with Gasteiger partial charge in [-0.3, -0.25) is 9.59 Å². The second-order valence-corrected chi connectivity index (χ2v) is 9.64. The number of nitrogens with zero attached hydrogens (tertiary/aromatic N) is 1. The van der Waals surface area contributed by atoms with E-state index in [2.05, 4.69) is 29.6 Å². The van der Waals surface area contributed by atoms with Gasteiger partial charge in [0.1, 0.15) is 6.04 Å². The largest absolute Gasteiger partial charge is 0.350 e. The van der Waals surface area contributed by atoms with Crippen LogP contribution in [0.5, 0.6) is 0 Å². The minimum absolute atomic E-state index is 0.0607. The summed E-state index contributed by atoms with van der Waals surface area (Å²) < 4.78 is 0. The van der Waals surface area contributed by atoms with E-state index in [-0.39, 0.29) is 17.4 Å². The molecule has 3 rings (SSSR count). The molecule has 5 heteroatoms. The van der Waals surface area contributed by atoms with Crippen LogP contribution in [-0.4, -0.2) is 28.3 Å². The molecule has 0 aromatic heterocycles. The molecule has 0 saturated heterocycles. The highest BCUT2D eigenvalue weighted by molar-refractivity contribution is 6.30. The molecule has 168 valence electrons. The van der Waals surface area contributed by atoms with E-state index >= 15 is 0 Å². The molecule has 1 atom stereocenters. The number of carbonyl (C=O) groups is 2. The molecule has 0 aliphatic heterocycles. The molecule has 1 unspecified atom stereocenters. The lowest BCUT2D eigenvalue weighted by molar-refractivity contribution is -0.141. The fraction of sp³-hybridized carbons (Fsp3) is 0.333. The van der Waals surface area contributed by atoms with E-state index in [0.29, 0.717) is 24.4 Å². The first-order valence-electron chi connectivity index (χ1n) is 11.0. The van der Waals surface area contributed by atoms with Gasteiger partial charge in [-0.25, -0.2) is 0 Å². The smallest absolute Gasteiger partial charge is 0.242 e. The van der Waals surface area contributed by atoms with Crippen LogP contribution >= 0.6 is 11.6 Å². The quantitative estimate of drug-likeness (QED) is 0.497. The van der Waals surface area contributed by atoms with E-state index in [1.807, 2.05) is 57.2 Å². The van der Waals surface area contributed by atoms with Gasteiger partial charge in [0.15, 0.2) is 0 Å². The number of hydrogen-bond donors (Lipinski definition) is 1. The summed E-state index contributed by atoms with van der Waals surface area (Å²) in [5.74, 6) is -0.229. The molecule has 0 aliphatic carbocycles. The van der Waals surface area contributed by atoms with Crippen molar-refractivity contribution >= 4 is 34.2 Å². The van der Waals surface area contributed by atoms with Gasteiger partial charge < -0.3 is 10.2 Å². The summed E-state index contributed by atoms with van der Waals surface area (Å²) in [5, 5.41) is 5.91.